The van der Waals surface area contributed by atoms with Gasteiger partial charge in [0.1, 0.15) is 0 Å². The topological polar surface area (TPSA) is 95.6 Å². The summed E-state index contributed by atoms with van der Waals surface area (Å²) in [6.07, 6.45) is 0. The second-order valence-electron chi connectivity index (χ2n) is 4.60. The number of rotatable bonds is 2. The lowest BCUT2D eigenvalue weighted by Crippen LogP contribution is -2.02. The Hall–Kier alpha value is -2.89. The van der Waals surface area contributed by atoms with Gasteiger partial charge in [-0.15, -0.1) is 5.10 Å². The predicted molar refractivity (Wildman–Crippen MR) is 78.2 cm³/mol. The van der Waals surface area contributed by atoms with Gasteiger partial charge in [0.2, 0.25) is 0 Å². The van der Waals surface area contributed by atoms with E-state index in [2.05, 4.69) is 15.5 Å². The molecule has 0 radical (unpaired) electrons. The molecule has 3 aromatic rings. The Kier molecular flexibility index (Phi) is 2.83. The van der Waals surface area contributed by atoms with Crippen molar-refractivity contribution in [2.75, 3.05) is 11.5 Å². The smallest absolute Gasteiger partial charge is 0.189 e. The van der Waals surface area contributed by atoms with Crippen LogP contribution in [0.4, 0.5) is 11.4 Å². The van der Waals surface area contributed by atoms with Gasteiger partial charge in [-0.05, 0) is 53.2 Å². The van der Waals surface area contributed by atoms with Crippen LogP contribution < -0.4 is 11.5 Å². The van der Waals surface area contributed by atoms with E-state index in [9.17, 15) is 0 Å². The molecule has 6 nitrogen and oxygen atoms in total. The van der Waals surface area contributed by atoms with Gasteiger partial charge in [-0.3, -0.25) is 0 Å². The molecule has 0 amide bonds. The summed E-state index contributed by atoms with van der Waals surface area (Å²) < 4.78 is 1.66. The summed E-state index contributed by atoms with van der Waals surface area (Å²) in [6.45, 7) is 2.02. The molecule has 0 atom stereocenters. The molecule has 6 heteroatoms. The summed E-state index contributed by atoms with van der Waals surface area (Å²) in [5, 5.41) is 11.8. The van der Waals surface area contributed by atoms with E-state index < -0.39 is 0 Å². The van der Waals surface area contributed by atoms with Crippen LogP contribution in [0.25, 0.3) is 17.1 Å². The molecule has 0 saturated carbocycles. The summed E-state index contributed by atoms with van der Waals surface area (Å²) in [5.74, 6) is 0.591. The molecule has 0 aliphatic heterocycles. The molecule has 0 unspecified atom stereocenters. The Balaban J connectivity index is 2.15. The quantitative estimate of drug-likeness (QED) is 0.689. The molecule has 100 valence electrons. The van der Waals surface area contributed by atoms with Gasteiger partial charge in [0.25, 0.3) is 0 Å². The van der Waals surface area contributed by atoms with Crippen molar-refractivity contribution in [2.45, 2.75) is 6.92 Å². The van der Waals surface area contributed by atoms with Gasteiger partial charge in [-0.1, -0.05) is 12.1 Å². The standard InChI is InChI=1S/C14H14N6/c1-9-3-2-4-11(7-9)20-14(17-18-19-20)12-6-5-10(15)8-13(12)16/h2-8H,15-16H2,1H3. The minimum Gasteiger partial charge on any atom is -0.399 e. The molecule has 0 saturated heterocycles. The SMILES string of the molecule is Cc1cccc(-n2nnnc2-c2ccc(N)cc2N)c1. The van der Waals surface area contributed by atoms with E-state index in [0.29, 0.717) is 17.2 Å². The number of nitrogens with two attached hydrogens (primary N) is 2. The summed E-state index contributed by atoms with van der Waals surface area (Å²) in [5.41, 5.74) is 15.7. The normalized spacial score (nSPS) is 10.7. The maximum absolute atomic E-state index is 6.00. The van der Waals surface area contributed by atoms with Gasteiger partial charge in [-0.25, -0.2) is 0 Å². The molecule has 1 heterocycles. The molecule has 0 bridgehead atoms. The molecule has 0 spiro atoms. The van der Waals surface area contributed by atoms with Crippen LogP contribution in [0.5, 0.6) is 0 Å². The van der Waals surface area contributed by atoms with Crippen molar-refractivity contribution >= 4 is 11.4 Å². The number of tetrazole rings is 1. The number of aryl methyl sites for hydroxylation is 1. The number of benzene rings is 2. The average Bonchev–Trinajstić information content (AvgIpc) is 2.87. The summed E-state index contributed by atoms with van der Waals surface area (Å²) in [6, 6.07) is 13.2. The molecule has 0 fully saturated rings. The Morgan fingerprint density at radius 3 is 2.65 bits per heavy atom. The molecule has 0 aliphatic rings. The third-order valence-electron chi connectivity index (χ3n) is 3.03. The number of nitrogens with zero attached hydrogens (tertiary/aromatic N) is 4. The Labute approximate surface area is 116 Å². The van der Waals surface area contributed by atoms with Crippen LogP contribution in [-0.4, -0.2) is 20.2 Å². The van der Waals surface area contributed by atoms with E-state index >= 15 is 0 Å². The van der Waals surface area contributed by atoms with Crippen molar-refractivity contribution in [3.8, 4) is 17.1 Å². The van der Waals surface area contributed by atoms with E-state index in [1.807, 2.05) is 37.3 Å². The van der Waals surface area contributed by atoms with Crippen LogP contribution in [0.2, 0.25) is 0 Å². The molecular formula is C14H14N6. The van der Waals surface area contributed by atoms with Crippen LogP contribution in [0.3, 0.4) is 0 Å². The van der Waals surface area contributed by atoms with Gasteiger partial charge < -0.3 is 11.5 Å². The monoisotopic (exact) mass is 266 g/mol. The highest BCUT2D eigenvalue weighted by Gasteiger charge is 2.13. The Morgan fingerprint density at radius 1 is 1.05 bits per heavy atom. The van der Waals surface area contributed by atoms with E-state index in [4.69, 9.17) is 11.5 Å². The van der Waals surface area contributed by atoms with E-state index in [0.717, 1.165) is 16.8 Å². The van der Waals surface area contributed by atoms with Crippen molar-refractivity contribution < 1.29 is 0 Å². The van der Waals surface area contributed by atoms with E-state index in [1.165, 1.54) is 0 Å². The van der Waals surface area contributed by atoms with Gasteiger partial charge >= 0.3 is 0 Å². The molecule has 3 rings (SSSR count). The van der Waals surface area contributed by atoms with Crippen LogP contribution in [-0.2, 0) is 0 Å². The summed E-state index contributed by atoms with van der Waals surface area (Å²) in [7, 11) is 0. The summed E-state index contributed by atoms with van der Waals surface area (Å²) in [4.78, 5) is 0. The van der Waals surface area contributed by atoms with E-state index in [1.54, 1.807) is 16.8 Å². The van der Waals surface area contributed by atoms with Gasteiger partial charge in [0.15, 0.2) is 5.82 Å². The fourth-order valence-corrected chi connectivity index (χ4v) is 2.07. The largest absolute Gasteiger partial charge is 0.399 e. The predicted octanol–water partition coefficient (Wildman–Crippen LogP) is 1.80. The first-order valence-electron chi connectivity index (χ1n) is 6.16. The first-order valence-corrected chi connectivity index (χ1v) is 6.16. The summed E-state index contributed by atoms with van der Waals surface area (Å²) >= 11 is 0. The molecule has 0 aliphatic carbocycles. The maximum Gasteiger partial charge on any atom is 0.189 e. The number of nitrogen functional groups attached to an aromatic ring is 2. The lowest BCUT2D eigenvalue weighted by molar-refractivity contribution is 0.790. The van der Waals surface area contributed by atoms with Gasteiger partial charge in [0, 0.05) is 16.9 Å². The average molecular weight is 266 g/mol. The lowest BCUT2D eigenvalue weighted by atomic mass is 10.1. The first-order chi connectivity index (χ1) is 9.65. The zero-order valence-corrected chi connectivity index (χ0v) is 11.0. The van der Waals surface area contributed by atoms with Gasteiger partial charge in [-0.2, -0.15) is 4.68 Å². The van der Waals surface area contributed by atoms with Crippen molar-refractivity contribution in [1.29, 1.82) is 0 Å². The van der Waals surface area contributed by atoms with Crippen LogP contribution in [0.15, 0.2) is 42.5 Å². The Morgan fingerprint density at radius 2 is 1.90 bits per heavy atom. The second kappa shape index (κ2) is 4.65. The van der Waals surface area contributed by atoms with Crippen LogP contribution in [0.1, 0.15) is 5.56 Å². The Bertz CT molecular complexity index is 762. The van der Waals surface area contributed by atoms with Crippen LogP contribution in [0, 0.1) is 6.92 Å². The molecule has 4 N–H and O–H groups in total. The van der Waals surface area contributed by atoms with Crippen molar-refractivity contribution in [2.24, 2.45) is 0 Å². The number of hydrogen-bond donors (Lipinski definition) is 2. The third-order valence-corrected chi connectivity index (χ3v) is 3.03. The minimum atomic E-state index is 0.550. The fourth-order valence-electron chi connectivity index (χ4n) is 2.07. The van der Waals surface area contributed by atoms with Gasteiger partial charge in [0.05, 0.1) is 5.69 Å². The second-order valence-corrected chi connectivity index (χ2v) is 4.60. The highest BCUT2D eigenvalue weighted by Crippen LogP contribution is 2.27. The number of anilines is 2. The van der Waals surface area contributed by atoms with Crippen molar-refractivity contribution in [1.82, 2.24) is 20.2 Å². The molecule has 2 aromatic carbocycles. The fraction of sp³-hybridized carbons (Fsp3) is 0.0714. The number of hydrogen-bond acceptors (Lipinski definition) is 5. The van der Waals surface area contributed by atoms with Crippen molar-refractivity contribution in [3.05, 3.63) is 48.0 Å². The first kappa shape index (κ1) is 12.2. The molecular weight excluding hydrogens is 252 g/mol. The third kappa shape index (κ3) is 2.07. The highest BCUT2D eigenvalue weighted by molar-refractivity contribution is 5.75. The minimum absolute atomic E-state index is 0.550. The zero-order valence-electron chi connectivity index (χ0n) is 11.0. The molecule has 20 heavy (non-hydrogen) atoms. The van der Waals surface area contributed by atoms with Crippen molar-refractivity contribution in [3.63, 3.8) is 0 Å². The maximum atomic E-state index is 6.00. The number of aromatic nitrogens is 4. The highest BCUT2D eigenvalue weighted by atomic mass is 15.5. The lowest BCUT2D eigenvalue weighted by Gasteiger charge is -2.08. The zero-order chi connectivity index (χ0) is 14.1. The van der Waals surface area contributed by atoms with E-state index in [-0.39, 0.29) is 0 Å². The molecule has 1 aromatic heterocycles. The van der Waals surface area contributed by atoms with Crippen LogP contribution >= 0.6 is 0 Å².